The molecule has 4 aliphatic heterocycles. The fraction of sp³-hybridized carbons (Fsp3) is 0.467. The third kappa shape index (κ3) is 15.5. The first-order valence-corrected chi connectivity index (χ1v) is 32.3. The normalized spacial score (nSPS) is 16.0. The maximum atomic E-state index is 14.1. The first kappa shape index (κ1) is 62.8. The van der Waals surface area contributed by atoms with Gasteiger partial charge in [0.25, 0.3) is 11.8 Å². The summed E-state index contributed by atoms with van der Waals surface area (Å²) in [6.45, 7) is 30.2. The predicted molar refractivity (Wildman–Crippen MR) is 353 cm³/mol. The highest BCUT2D eigenvalue weighted by Crippen LogP contribution is 2.40. The van der Waals surface area contributed by atoms with Crippen LogP contribution in [0.5, 0.6) is 0 Å². The van der Waals surface area contributed by atoms with Crippen molar-refractivity contribution < 1.29 is 19.2 Å². The van der Waals surface area contributed by atoms with Crippen LogP contribution >= 0.6 is 0 Å². The number of aromatic nitrogens is 4. The van der Waals surface area contributed by atoms with Crippen molar-refractivity contribution in [3.05, 3.63) is 177 Å². The number of hydrogen-bond donors (Lipinski definition) is 1. The summed E-state index contributed by atoms with van der Waals surface area (Å²) < 4.78 is 2.29. The van der Waals surface area contributed by atoms with Gasteiger partial charge in [0, 0.05) is 85.1 Å². The van der Waals surface area contributed by atoms with Gasteiger partial charge < -0.3 is 29.2 Å². The van der Waals surface area contributed by atoms with Crippen molar-refractivity contribution in [3.8, 4) is 22.5 Å². The van der Waals surface area contributed by atoms with E-state index in [9.17, 15) is 19.2 Å². The third-order valence-electron chi connectivity index (χ3n) is 18.8. The molecule has 5 aromatic carbocycles. The van der Waals surface area contributed by atoms with E-state index < -0.39 is 0 Å². The SMILES string of the molecule is Cc1cc(C(=O)N2CCc3nc(C)n(Cc4ccccc4)c3-c3ccccc32)ccc1CCC(=O)C1CCN(CCC(C)(C)C)CC1.Cc1nc2c([nH]1)CCN(C(=O)c1ccc(CCC(=O)C3CCN(CCC(C)(C)C)CC3)c(C)c1)c1ccccc1-2. The maximum Gasteiger partial charge on any atom is 0.258 e. The average Bonchev–Trinajstić information content (AvgIpc) is 2.57. The maximum absolute atomic E-state index is 14.1. The molecular formula is C75H94N8O4. The number of imidazole rings is 2. The number of aromatic amines is 1. The second-order valence-electron chi connectivity index (χ2n) is 27.7. The van der Waals surface area contributed by atoms with Crippen LogP contribution in [0.2, 0.25) is 0 Å². The lowest BCUT2D eigenvalue weighted by molar-refractivity contribution is -0.125. The minimum atomic E-state index is -0.00196. The van der Waals surface area contributed by atoms with Gasteiger partial charge in [0.15, 0.2) is 0 Å². The van der Waals surface area contributed by atoms with Crippen molar-refractivity contribution in [2.45, 2.75) is 153 Å². The van der Waals surface area contributed by atoms with E-state index in [2.05, 4.69) is 124 Å². The molecule has 0 unspecified atom stereocenters. The second kappa shape index (κ2) is 27.4. The number of hydrogen-bond acceptors (Lipinski definition) is 8. The molecule has 0 atom stereocenters. The number of anilines is 2. The molecule has 0 radical (unpaired) electrons. The van der Waals surface area contributed by atoms with Gasteiger partial charge in [-0.25, -0.2) is 9.97 Å². The van der Waals surface area contributed by atoms with Crippen molar-refractivity contribution in [2.75, 3.05) is 62.2 Å². The smallest absolute Gasteiger partial charge is 0.258 e. The number of Topliss-reactive ketones (excluding diaryl/α,β-unsaturated/α-hetero) is 2. The summed E-state index contributed by atoms with van der Waals surface area (Å²) in [7, 11) is 0. The van der Waals surface area contributed by atoms with Crippen LogP contribution in [-0.2, 0) is 41.8 Å². The van der Waals surface area contributed by atoms with Crippen LogP contribution in [0.4, 0.5) is 11.4 Å². The Kier molecular flexibility index (Phi) is 19.8. The molecule has 2 fully saturated rings. The van der Waals surface area contributed by atoms with Gasteiger partial charge in [-0.1, -0.05) is 120 Å². The van der Waals surface area contributed by atoms with Gasteiger partial charge in [-0.05, 0) is 193 Å². The number of rotatable bonds is 16. The number of ketones is 2. The van der Waals surface area contributed by atoms with E-state index in [1.54, 1.807) is 0 Å². The molecule has 458 valence electrons. The van der Waals surface area contributed by atoms with Crippen molar-refractivity contribution in [3.63, 3.8) is 0 Å². The van der Waals surface area contributed by atoms with Crippen LogP contribution in [0.1, 0.15) is 164 Å². The summed E-state index contributed by atoms with van der Waals surface area (Å²) in [5.41, 5.74) is 15.7. The summed E-state index contributed by atoms with van der Waals surface area (Å²) in [4.78, 5) is 76.0. The second-order valence-corrected chi connectivity index (χ2v) is 27.7. The van der Waals surface area contributed by atoms with E-state index in [1.807, 2.05) is 89.5 Å². The van der Waals surface area contributed by atoms with Gasteiger partial charge >= 0.3 is 0 Å². The largest absolute Gasteiger partial charge is 0.346 e. The molecule has 0 aliphatic carbocycles. The van der Waals surface area contributed by atoms with E-state index in [0.717, 1.165) is 170 Å². The molecule has 7 aromatic rings. The summed E-state index contributed by atoms with van der Waals surface area (Å²) in [6.07, 6.45) is 10.3. The fourth-order valence-electron chi connectivity index (χ4n) is 13.3. The summed E-state index contributed by atoms with van der Waals surface area (Å²) >= 11 is 0. The van der Waals surface area contributed by atoms with E-state index in [-0.39, 0.29) is 23.7 Å². The Hall–Kier alpha value is -7.28. The summed E-state index contributed by atoms with van der Waals surface area (Å²) in [6, 6.07) is 38.7. The minimum Gasteiger partial charge on any atom is -0.346 e. The van der Waals surface area contributed by atoms with Crippen LogP contribution in [0.3, 0.4) is 0 Å². The number of benzene rings is 5. The molecule has 12 nitrogen and oxygen atoms in total. The number of H-pyrrole nitrogens is 1. The molecule has 2 amide bonds. The molecule has 2 saturated heterocycles. The lowest BCUT2D eigenvalue weighted by atomic mass is 9.87. The standard InChI is InChI=1S/C41H50N4O2.C34H44N4O2/c1-29-27-34(16-15-32(29)17-18-38(46)33-19-23-43(24-20-33)26-22-41(3,4)5)40(47)44-25-21-36-39(35-13-9-10-14-37(35)44)45(30(2)42-36)28-31-11-7-6-8-12-31;1-23-22-27(33(40)38-20-16-29-32(36-24(2)35-29)28-8-6-7-9-30(28)38)11-10-25(23)12-13-31(39)26-14-18-37(19-15-26)21-17-34(3,4)5/h6-16,27,33H,17-26,28H2,1-5H3;6-11,22,26H,12-21H2,1-5H3,(H,35,36). The van der Waals surface area contributed by atoms with Gasteiger partial charge in [-0.2, -0.15) is 0 Å². The zero-order valence-electron chi connectivity index (χ0n) is 53.7. The zero-order chi connectivity index (χ0) is 61.6. The first-order valence-electron chi connectivity index (χ1n) is 32.3. The number of amides is 2. The number of aryl methyl sites for hydroxylation is 6. The van der Waals surface area contributed by atoms with Crippen molar-refractivity contribution in [1.29, 1.82) is 0 Å². The van der Waals surface area contributed by atoms with Crippen molar-refractivity contribution >= 4 is 34.8 Å². The lowest BCUT2D eigenvalue weighted by Gasteiger charge is -2.33. The minimum absolute atomic E-state index is 0.00160. The molecule has 87 heavy (non-hydrogen) atoms. The zero-order valence-corrected chi connectivity index (χ0v) is 53.7. The van der Waals surface area contributed by atoms with Crippen LogP contribution < -0.4 is 9.80 Å². The number of carbonyl (C=O) groups excluding carboxylic acids is 4. The van der Waals surface area contributed by atoms with Gasteiger partial charge in [0.1, 0.15) is 23.2 Å². The number of fused-ring (bicyclic) bond motifs is 6. The number of nitrogens with one attached hydrogen (secondary N) is 1. The topological polar surface area (TPSA) is 128 Å². The molecule has 6 heterocycles. The number of likely N-dealkylation sites (tertiary alicyclic amines) is 2. The molecule has 12 heteroatoms. The van der Waals surface area contributed by atoms with Crippen molar-refractivity contribution in [1.82, 2.24) is 29.3 Å². The van der Waals surface area contributed by atoms with Gasteiger partial charge in [0.05, 0.1) is 28.5 Å². The van der Waals surface area contributed by atoms with E-state index in [0.29, 0.717) is 65.9 Å². The fourth-order valence-corrected chi connectivity index (χ4v) is 13.3. The Bertz CT molecular complexity index is 3560. The van der Waals surface area contributed by atoms with Crippen LogP contribution in [0, 0.1) is 50.4 Å². The predicted octanol–water partition coefficient (Wildman–Crippen LogP) is 14.6. The molecule has 0 saturated carbocycles. The van der Waals surface area contributed by atoms with Crippen molar-refractivity contribution in [2.24, 2.45) is 22.7 Å². The monoisotopic (exact) mass is 1170 g/mol. The van der Waals surface area contributed by atoms with Gasteiger partial charge in [0.2, 0.25) is 0 Å². The van der Waals surface area contributed by atoms with Gasteiger partial charge in [-0.15, -0.1) is 0 Å². The third-order valence-corrected chi connectivity index (χ3v) is 18.8. The number of piperidine rings is 2. The van der Waals surface area contributed by atoms with E-state index in [4.69, 9.17) is 9.97 Å². The highest BCUT2D eigenvalue weighted by molar-refractivity contribution is 6.09. The average molecular weight is 1170 g/mol. The number of para-hydroxylation sites is 2. The Balaban J connectivity index is 0.000000195. The summed E-state index contributed by atoms with van der Waals surface area (Å²) in [5, 5.41) is 0. The lowest BCUT2D eigenvalue weighted by Crippen LogP contribution is -2.38. The van der Waals surface area contributed by atoms with E-state index >= 15 is 0 Å². The first-order chi connectivity index (χ1) is 41.7. The van der Waals surface area contributed by atoms with Gasteiger partial charge in [-0.3, -0.25) is 19.2 Å². The highest BCUT2D eigenvalue weighted by Gasteiger charge is 2.32. The molecular weight excluding hydrogens is 1080 g/mol. The van der Waals surface area contributed by atoms with Crippen LogP contribution in [0.25, 0.3) is 22.5 Å². The Labute approximate surface area is 518 Å². The molecule has 2 aromatic heterocycles. The molecule has 4 aliphatic rings. The molecule has 0 spiro atoms. The Morgan fingerprint density at radius 1 is 0.540 bits per heavy atom. The summed E-state index contributed by atoms with van der Waals surface area (Å²) in [5.74, 6) is 3.02. The van der Waals surface area contributed by atoms with Crippen LogP contribution in [-0.4, -0.2) is 105 Å². The Morgan fingerprint density at radius 3 is 1.52 bits per heavy atom. The molecule has 0 bridgehead atoms. The van der Waals surface area contributed by atoms with Crippen LogP contribution in [0.15, 0.2) is 115 Å². The number of carbonyl (C=O) groups is 4. The molecule has 11 rings (SSSR count). The Morgan fingerprint density at radius 2 is 1.01 bits per heavy atom. The quantitative estimate of drug-likeness (QED) is 0.101. The highest BCUT2D eigenvalue weighted by atomic mass is 16.2. The number of nitrogens with zero attached hydrogens (tertiary/aromatic N) is 7. The molecule has 1 N–H and O–H groups in total. The van der Waals surface area contributed by atoms with E-state index in [1.165, 1.54) is 18.4 Å².